The number of ether oxygens (including phenoxy) is 3. The smallest absolute Gasteiger partial charge is 0.311 e. The molecule has 160 valence electrons. The second-order valence-corrected chi connectivity index (χ2v) is 7.13. The first-order chi connectivity index (χ1) is 14.4. The second-order valence-electron chi connectivity index (χ2n) is 7.13. The molecule has 2 atom stereocenters. The normalized spacial score (nSPS) is 17.6. The minimum atomic E-state index is -0.420. The van der Waals surface area contributed by atoms with E-state index in [1.165, 1.54) is 25.3 Å². The summed E-state index contributed by atoms with van der Waals surface area (Å²) in [5.41, 5.74) is 2.38. The number of nitrogens with one attached hydrogen (secondary N) is 2. The Bertz CT molecular complexity index is 934. The van der Waals surface area contributed by atoms with E-state index in [4.69, 9.17) is 14.2 Å². The Morgan fingerprint density at radius 3 is 2.53 bits per heavy atom. The molecule has 0 saturated carbocycles. The highest BCUT2D eigenvalue weighted by atomic mass is 19.1. The lowest BCUT2D eigenvalue weighted by Crippen LogP contribution is -3.14. The van der Waals surface area contributed by atoms with Gasteiger partial charge in [-0.15, -0.1) is 0 Å². The molecule has 2 N–H and O–H groups in total. The predicted molar refractivity (Wildman–Crippen MR) is 108 cm³/mol. The molecule has 1 unspecified atom stereocenters. The molecule has 1 aliphatic heterocycles. The van der Waals surface area contributed by atoms with Crippen LogP contribution in [0.25, 0.3) is 0 Å². The highest BCUT2D eigenvalue weighted by Crippen LogP contribution is 2.35. The van der Waals surface area contributed by atoms with Gasteiger partial charge in [0.15, 0.2) is 18.0 Å². The average Bonchev–Trinajstić information content (AvgIpc) is 2.74. The Labute approximate surface area is 174 Å². The van der Waals surface area contributed by atoms with Crippen LogP contribution in [0.3, 0.4) is 0 Å². The molecule has 0 aliphatic carbocycles. The van der Waals surface area contributed by atoms with Crippen molar-refractivity contribution in [3.05, 3.63) is 53.3 Å². The molecule has 1 heterocycles. The van der Waals surface area contributed by atoms with Gasteiger partial charge in [0.25, 0.3) is 5.91 Å². The summed E-state index contributed by atoms with van der Waals surface area (Å²) >= 11 is 0. The van der Waals surface area contributed by atoms with Gasteiger partial charge >= 0.3 is 5.97 Å². The predicted octanol–water partition coefficient (Wildman–Crippen LogP) is 1.53. The molecule has 0 bridgehead atoms. The van der Waals surface area contributed by atoms with Crippen molar-refractivity contribution in [1.29, 1.82) is 0 Å². The highest BCUT2D eigenvalue weighted by Gasteiger charge is 2.35. The van der Waals surface area contributed by atoms with E-state index >= 15 is 0 Å². The number of amides is 1. The molecule has 0 fully saturated rings. The van der Waals surface area contributed by atoms with Crippen molar-refractivity contribution in [3.63, 3.8) is 0 Å². The quantitative estimate of drug-likeness (QED) is 0.668. The van der Waals surface area contributed by atoms with Gasteiger partial charge in [-0.25, -0.2) is 4.39 Å². The van der Waals surface area contributed by atoms with Gasteiger partial charge in [0, 0.05) is 17.7 Å². The number of carbonyl (C=O) groups is 2. The van der Waals surface area contributed by atoms with E-state index < -0.39 is 5.82 Å². The Morgan fingerprint density at radius 2 is 1.87 bits per heavy atom. The molecular weight excluding hydrogens is 391 g/mol. The van der Waals surface area contributed by atoms with Gasteiger partial charge in [-0.05, 0) is 35.9 Å². The standard InChI is InChI=1S/C22H25FN2O5/c1-28-19-9-14-7-8-25(13-21(26)24-16-6-4-5-15(23)10-16)18(12-22(27)30-3)17(14)11-20(19)29-2/h4-6,9-11,18H,7-8,12-13H2,1-3H3,(H,24,26)/p+1/t18-/m1/s1. The number of hydrogen-bond acceptors (Lipinski definition) is 5. The maximum atomic E-state index is 13.4. The molecule has 1 amide bonds. The number of quaternary nitrogens is 1. The Hall–Kier alpha value is -3.13. The van der Waals surface area contributed by atoms with Crippen LogP contribution in [0, 0.1) is 5.82 Å². The third-order valence-corrected chi connectivity index (χ3v) is 5.32. The van der Waals surface area contributed by atoms with Gasteiger partial charge in [0.05, 0.1) is 27.9 Å². The van der Waals surface area contributed by atoms with Crippen LogP contribution in [0.2, 0.25) is 0 Å². The summed E-state index contributed by atoms with van der Waals surface area (Å²) in [6, 6.07) is 9.25. The van der Waals surface area contributed by atoms with Crippen molar-refractivity contribution in [2.45, 2.75) is 18.9 Å². The van der Waals surface area contributed by atoms with Crippen molar-refractivity contribution in [1.82, 2.24) is 0 Å². The van der Waals surface area contributed by atoms with Crippen molar-refractivity contribution in [2.24, 2.45) is 0 Å². The van der Waals surface area contributed by atoms with Gasteiger partial charge in [-0.1, -0.05) is 6.07 Å². The topological polar surface area (TPSA) is 78.3 Å². The van der Waals surface area contributed by atoms with Crippen LogP contribution in [-0.4, -0.2) is 46.3 Å². The van der Waals surface area contributed by atoms with E-state index in [9.17, 15) is 14.0 Å². The van der Waals surface area contributed by atoms with Crippen molar-refractivity contribution in [2.75, 3.05) is 39.7 Å². The second kappa shape index (κ2) is 9.58. The summed E-state index contributed by atoms with van der Waals surface area (Å²) in [4.78, 5) is 25.6. The lowest BCUT2D eigenvalue weighted by Gasteiger charge is -2.34. The minimum Gasteiger partial charge on any atom is -0.493 e. The summed E-state index contributed by atoms with van der Waals surface area (Å²) in [5.74, 6) is 0.161. The van der Waals surface area contributed by atoms with Gasteiger partial charge in [0.1, 0.15) is 18.3 Å². The van der Waals surface area contributed by atoms with Crippen LogP contribution in [-0.2, 0) is 20.7 Å². The molecule has 3 rings (SSSR count). The number of rotatable bonds is 7. The molecule has 1 aliphatic rings. The number of halogens is 1. The maximum absolute atomic E-state index is 13.4. The first-order valence-corrected chi connectivity index (χ1v) is 9.66. The SMILES string of the molecule is COC(=O)C[C@@H]1c2cc(OC)c(OC)cc2CC[NH+]1CC(=O)Nc1cccc(F)c1. The monoisotopic (exact) mass is 417 g/mol. The third kappa shape index (κ3) is 4.88. The zero-order chi connectivity index (χ0) is 21.7. The Morgan fingerprint density at radius 1 is 1.13 bits per heavy atom. The van der Waals surface area contributed by atoms with E-state index in [0.717, 1.165) is 22.4 Å². The summed E-state index contributed by atoms with van der Waals surface area (Å²) < 4.78 is 29.1. The van der Waals surface area contributed by atoms with E-state index in [1.54, 1.807) is 20.3 Å². The largest absolute Gasteiger partial charge is 0.493 e. The van der Waals surface area contributed by atoms with Crippen LogP contribution in [0.15, 0.2) is 36.4 Å². The Balaban J connectivity index is 1.85. The minimum absolute atomic E-state index is 0.127. The van der Waals surface area contributed by atoms with Gasteiger partial charge in [-0.3, -0.25) is 9.59 Å². The van der Waals surface area contributed by atoms with Gasteiger partial charge in [0.2, 0.25) is 0 Å². The molecule has 8 heteroatoms. The Kier molecular flexibility index (Phi) is 6.89. The van der Waals surface area contributed by atoms with E-state index in [1.807, 2.05) is 12.1 Å². The lowest BCUT2D eigenvalue weighted by molar-refractivity contribution is -0.925. The number of anilines is 1. The fraction of sp³-hybridized carbons (Fsp3) is 0.364. The lowest BCUT2D eigenvalue weighted by atomic mass is 9.90. The number of benzene rings is 2. The number of carbonyl (C=O) groups excluding carboxylic acids is 2. The number of esters is 1. The van der Waals surface area contributed by atoms with E-state index in [2.05, 4.69) is 5.32 Å². The van der Waals surface area contributed by atoms with Crippen LogP contribution >= 0.6 is 0 Å². The molecule has 30 heavy (non-hydrogen) atoms. The summed E-state index contributed by atoms with van der Waals surface area (Å²) in [7, 11) is 4.48. The number of methoxy groups -OCH3 is 3. The van der Waals surface area contributed by atoms with Gasteiger partial charge in [-0.2, -0.15) is 0 Å². The fourth-order valence-corrected chi connectivity index (χ4v) is 3.86. The first-order valence-electron chi connectivity index (χ1n) is 9.66. The molecule has 0 radical (unpaired) electrons. The van der Waals surface area contributed by atoms with Crippen LogP contribution in [0.1, 0.15) is 23.6 Å². The summed E-state index contributed by atoms with van der Waals surface area (Å²) in [6.07, 6.45) is 0.845. The van der Waals surface area contributed by atoms with E-state index in [0.29, 0.717) is 23.7 Å². The fourth-order valence-electron chi connectivity index (χ4n) is 3.86. The third-order valence-electron chi connectivity index (χ3n) is 5.32. The van der Waals surface area contributed by atoms with Crippen molar-refractivity contribution >= 4 is 17.6 Å². The molecule has 2 aromatic carbocycles. The molecule has 7 nitrogen and oxygen atoms in total. The molecule has 0 spiro atoms. The highest BCUT2D eigenvalue weighted by molar-refractivity contribution is 5.91. The molecule has 0 aromatic heterocycles. The zero-order valence-electron chi connectivity index (χ0n) is 17.3. The van der Waals surface area contributed by atoms with Gasteiger partial charge < -0.3 is 24.4 Å². The molecular formula is C22H26FN2O5+. The van der Waals surface area contributed by atoms with Crippen molar-refractivity contribution < 1.29 is 33.1 Å². The average molecular weight is 417 g/mol. The van der Waals surface area contributed by atoms with E-state index in [-0.39, 0.29) is 30.9 Å². The molecule has 0 saturated heterocycles. The molecule has 2 aromatic rings. The summed E-state index contributed by atoms with van der Waals surface area (Å²) in [6.45, 7) is 0.784. The van der Waals surface area contributed by atoms with Crippen LogP contribution < -0.4 is 19.7 Å². The summed E-state index contributed by atoms with van der Waals surface area (Å²) in [5, 5.41) is 2.72. The zero-order valence-corrected chi connectivity index (χ0v) is 17.3. The maximum Gasteiger partial charge on any atom is 0.311 e. The van der Waals surface area contributed by atoms with Crippen LogP contribution in [0.4, 0.5) is 10.1 Å². The van der Waals surface area contributed by atoms with Crippen molar-refractivity contribution in [3.8, 4) is 11.5 Å². The number of hydrogen-bond donors (Lipinski definition) is 2. The van der Waals surface area contributed by atoms with Crippen LogP contribution in [0.5, 0.6) is 11.5 Å². The number of fused-ring (bicyclic) bond motifs is 1. The first kappa shape index (κ1) is 21.6.